The molecule has 0 spiro atoms. The van der Waals surface area contributed by atoms with Crippen molar-refractivity contribution in [3.8, 4) is 5.75 Å². The summed E-state index contributed by atoms with van der Waals surface area (Å²) in [5, 5.41) is 6.71. The number of ether oxygens (including phenoxy) is 1. The molecule has 3 aromatic carbocycles. The van der Waals surface area contributed by atoms with Crippen molar-refractivity contribution in [3.63, 3.8) is 0 Å². The number of amides is 2. The molecule has 0 radical (unpaired) electrons. The Morgan fingerprint density at radius 3 is 2.65 bits per heavy atom. The second-order valence-electron chi connectivity index (χ2n) is 7.67. The molecule has 0 atom stereocenters. The predicted molar refractivity (Wildman–Crippen MR) is 139 cm³/mol. The Bertz CT molecular complexity index is 1300. The number of amidine groups is 1. The molecule has 1 aliphatic rings. The molecule has 1 saturated heterocycles. The number of anilines is 1. The summed E-state index contributed by atoms with van der Waals surface area (Å²) >= 11 is 7.15. The summed E-state index contributed by atoms with van der Waals surface area (Å²) in [6.45, 7) is 3.89. The molecule has 2 N–H and O–H groups in total. The fourth-order valence-electron chi connectivity index (χ4n) is 3.12. The number of nitrogens with one attached hydrogen (secondary N) is 2. The Kier molecular flexibility index (Phi) is 7.35. The summed E-state index contributed by atoms with van der Waals surface area (Å²) in [7, 11) is 0. The lowest BCUT2D eigenvalue weighted by atomic mass is 10.1. The highest BCUT2D eigenvalue weighted by atomic mass is 35.5. The van der Waals surface area contributed by atoms with Gasteiger partial charge in [0, 0.05) is 10.7 Å². The van der Waals surface area contributed by atoms with Gasteiger partial charge in [-0.15, -0.1) is 0 Å². The Hall–Kier alpha value is -3.55. The summed E-state index contributed by atoms with van der Waals surface area (Å²) in [5.41, 5.74) is 4.48. The molecule has 1 fully saturated rings. The highest BCUT2D eigenvalue weighted by Crippen LogP contribution is 2.29. The summed E-state index contributed by atoms with van der Waals surface area (Å²) in [4.78, 5) is 29.6. The van der Waals surface area contributed by atoms with E-state index in [9.17, 15) is 9.59 Å². The van der Waals surface area contributed by atoms with Crippen molar-refractivity contribution in [1.82, 2.24) is 5.32 Å². The first-order valence-corrected chi connectivity index (χ1v) is 11.7. The Morgan fingerprint density at radius 1 is 1.09 bits per heavy atom. The van der Waals surface area contributed by atoms with Crippen LogP contribution in [0.1, 0.15) is 16.7 Å². The van der Waals surface area contributed by atoms with Gasteiger partial charge in [-0.1, -0.05) is 29.8 Å². The molecular weight excluding hydrogens is 470 g/mol. The van der Waals surface area contributed by atoms with E-state index < -0.39 is 0 Å². The van der Waals surface area contributed by atoms with E-state index in [1.807, 2.05) is 44.2 Å². The van der Waals surface area contributed by atoms with Crippen LogP contribution in [0.25, 0.3) is 6.08 Å². The summed E-state index contributed by atoms with van der Waals surface area (Å²) in [6.07, 6.45) is 1.76. The molecule has 0 bridgehead atoms. The molecule has 172 valence electrons. The fourth-order valence-corrected chi connectivity index (χ4v) is 4.09. The van der Waals surface area contributed by atoms with Gasteiger partial charge in [0.1, 0.15) is 5.75 Å². The second-order valence-corrected chi connectivity index (χ2v) is 9.13. The lowest BCUT2D eigenvalue weighted by molar-refractivity contribution is -0.118. The van der Waals surface area contributed by atoms with Gasteiger partial charge in [-0.3, -0.25) is 9.59 Å². The van der Waals surface area contributed by atoms with E-state index in [-0.39, 0.29) is 18.4 Å². The predicted octanol–water partition coefficient (Wildman–Crippen LogP) is 5.87. The standard InChI is InChI=1S/C26H22ClN3O3S/c1-16-6-9-21(12-17(16)2)28-24(31)15-33-22-5-3-4-18(13-22)14-23-25(32)30-26(34-23)29-20-10-7-19(27)8-11-20/h3-14H,15H2,1-2H3,(H,28,31)(H,29,30,32). The Labute approximate surface area is 207 Å². The average molecular weight is 492 g/mol. The molecule has 8 heteroatoms. The number of thioether (sulfide) groups is 1. The van der Waals surface area contributed by atoms with Gasteiger partial charge in [-0.25, -0.2) is 4.99 Å². The molecule has 6 nitrogen and oxygen atoms in total. The first-order chi connectivity index (χ1) is 16.4. The minimum absolute atomic E-state index is 0.125. The molecule has 1 aliphatic heterocycles. The van der Waals surface area contributed by atoms with E-state index in [4.69, 9.17) is 16.3 Å². The quantitative estimate of drug-likeness (QED) is 0.423. The Balaban J connectivity index is 1.38. The molecule has 0 aliphatic carbocycles. The van der Waals surface area contributed by atoms with Crippen LogP contribution in [0.3, 0.4) is 0 Å². The highest BCUT2D eigenvalue weighted by Gasteiger charge is 2.23. The van der Waals surface area contributed by atoms with Crippen molar-refractivity contribution in [2.24, 2.45) is 4.99 Å². The number of aryl methyl sites for hydroxylation is 2. The van der Waals surface area contributed by atoms with Crippen LogP contribution in [-0.4, -0.2) is 23.6 Å². The summed E-state index contributed by atoms with van der Waals surface area (Å²) in [5.74, 6) is 0.0561. The van der Waals surface area contributed by atoms with E-state index in [0.29, 0.717) is 26.5 Å². The molecule has 0 aromatic heterocycles. The number of hydrogen-bond donors (Lipinski definition) is 2. The zero-order valence-electron chi connectivity index (χ0n) is 18.6. The van der Waals surface area contributed by atoms with Gasteiger partial charge in [0.05, 0.1) is 10.6 Å². The van der Waals surface area contributed by atoms with Gasteiger partial charge in [0.25, 0.3) is 11.8 Å². The van der Waals surface area contributed by atoms with Crippen LogP contribution in [0, 0.1) is 13.8 Å². The van der Waals surface area contributed by atoms with Crippen LogP contribution in [0.2, 0.25) is 5.02 Å². The Morgan fingerprint density at radius 2 is 1.88 bits per heavy atom. The van der Waals surface area contributed by atoms with Crippen molar-refractivity contribution < 1.29 is 14.3 Å². The molecule has 4 rings (SSSR count). The average Bonchev–Trinajstić information content (AvgIpc) is 3.15. The summed E-state index contributed by atoms with van der Waals surface area (Å²) < 4.78 is 5.65. The van der Waals surface area contributed by atoms with Gasteiger partial charge in [-0.2, -0.15) is 0 Å². The highest BCUT2D eigenvalue weighted by molar-refractivity contribution is 8.18. The maximum Gasteiger partial charge on any atom is 0.264 e. The lowest BCUT2D eigenvalue weighted by Crippen LogP contribution is -2.20. The number of aliphatic imine (C=N–C) groups is 1. The maximum atomic E-state index is 12.4. The van der Waals surface area contributed by atoms with E-state index in [2.05, 4.69) is 15.6 Å². The van der Waals surface area contributed by atoms with Gasteiger partial charge in [0.2, 0.25) is 0 Å². The van der Waals surface area contributed by atoms with Crippen LogP contribution in [-0.2, 0) is 9.59 Å². The van der Waals surface area contributed by atoms with Crippen molar-refractivity contribution >= 4 is 57.8 Å². The third-order valence-corrected chi connectivity index (χ3v) is 6.19. The van der Waals surface area contributed by atoms with Crippen LogP contribution in [0.4, 0.5) is 11.4 Å². The first-order valence-electron chi connectivity index (χ1n) is 10.5. The van der Waals surface area contributed by atoms with Gasteiger partial charge >= 0.3 is 0 Å². The minimum atomic E-state index is -0.249. The smallest absolute Gasteiger partial charge is 0.264 e. The molecule has 0 saturated carbocycles. The van der Waals surface area contributed by atoms with Gasteiger partial charge in [0.15, 0.2) is 11.8 Å². The molecule has 0 unspecified atom stereocenters. The van der Waals surface area contributed by atoms with E-state index in [1.54, 1.807) is 42.5 Å². The minimum Gasteiger partial charge on any atom is -0.484 e. The monoisotopic (exact) mass is 491 g/mol. The van der Waals surface area contributed by atoms with E-state index in [1.165, 1.54) is 11.8 Å². The third-order valence-electron chi connectivity index (χ3n) is 5.02. The van der Waals surface area contributed by atoms with Crippen LogP contribution < -0.4 is 15.4 Å². The normalized spacial score (nSPS) is 15.4. The van der Waals surface area contributed by atoms with E-state index in [0.717, 1.165) is 22.4 Å². The zero-order valence-corrected chi connectivity index (χ0v) is 20.2. The third kappa shape index (κ3) is 6.27. The largest absolute Gasteiger partial charge is 0.484 e. The molecule has 34 heavy (non-hydrogen) atoms. The van der Waals surface area contributed by atoms with Crippen molar-refractivity contribution in [1.29, 1.82) is 0 Å². The topological polar surface area (TPSA) is 79.8 Å². The van der Waals surface area contributed by atoms with Gasteiger partial charge < -0.3 is 15.4 Å². The number of carbonyl (C=O) groups is 2. The summed E-state index contributed by atoms with van der Waals surface area (Å²) in [6, 6.07) is 20.0. The second kappa shape index (κ2) is 10.6. The zero-order chi connectivity index (χ0) is 24.1. The van der Waals surface area contributed by atoms with Crippen LogP contribution in [0.15, 0.2) is 76.6 Å². The van der Waals surface area contributed by atoms with Crippen molar-refractivity contribution in [3.05, 3.63) is 93.3 Å². The SMILES string of the molecule is Cc1ccc(NC(=O)COc2cccc(C=C3SC(=Nc4ccc(Cl)cc4)NC3=O)c2)cc1C. The van der Waals surface area contributed by atoms with Crippen molar-refractivity contribution in [2.45, 2.75) is 13.8 Å². The maximum absolute atomic E-state index is 12.4. The number of carbonyl (C=O) groups excluding carboxylic acids is 2. The van der Waals surface area contributed by atoms with Crippen LogP contribution >= 0.6 is 23.4 Å². The number of halogens is 1. The van der Waals surface area contributed by atoms with Gasteiger partial charge in [-0.05, 0) is 96.9 Å². The number of benzene rings is 3. The molecule has 3 aromatic rings. The molecule has 2 amide bonds. The van der Waals surface area contributed by atoms with E-state index >= 15 is 0 Å². The number of nitrogens with zero attached hydrogens (tertiary/aromatic N) is 1. The number of hydrogen-bond acceptors (Lipinski definition) is 5. The van der Waals surface area contributed by atoms with Crippen molar-refractivity contribution in [2.75, 3.05) is 11.9 Å². The molecule has 1 heterocycles. The molecular formula is C26H22ClN3O3S. The van der Waals surface area contributed by atoms with Crippen LogP contribution in [0.5, 0.6) is 5.75 Å². The fraction of sp³-hybridized carbons (Fsp3) is 0.115. The lowest BCUT2D eigenvalue weighted by Gasteiger charge is -2.09. The number of rotatable bonds is 6. The first kappa shape index (κ1) is 23.6.